The topological polar surface area (TPSA) is 38.8 Å². The molecule has 1 unspecified atom stereocenters. The Bertz CT molecular complexity index is 204. The van der Waals surface area contributed by atoms with Gasteiger partial charge in [0.1, 0.15) is 5.60 Å². The summed E-state index contributed by atoms with van der Waals surface area (Å²) in [5.74, 6) is 0. The molecule has 0 radical (unpaired) electrons. The maximum atomic E-state index is 11.7. The van der Waals surface area contributed by atoms with Crippen molar-refractivity contribution in [1.82, 2.24) is 4.90 Å². The second-order valence-electron chi connectivity index (χ2n) is 4.57. The number of methoxy groups -OCH3 is 1. The molecular formula is C11H25NO3. The van der Waals surface area contributed by atoms with Crippen LogP contribution in [-0.4, -0.2) is 42.9 Å². The first-order valence-electron chi connectivity index (χ1n) is 5.31. The van der Waals surface area contributed by atoms with Gasteiger partial charge in [0.25, 0.3) is 0 Å². The van der Waals surface area contributed by atoms with E-state index in [0.29, 0.717) is 13.1 Å². The Kier molecular flexibility index (Phi) is 5.65. The lowest BCUT2D eigenvalue weighted by molar-refractivity contribution is 0.0123. The molecule has 0 N–H and O–H groups in total. The zero-order valence-electron chi connectivity index (χ0n) is 10.7. The van der Waals surface area contributed by atoms with Gasteiger partial charge >= 0.3 is 6.09 Å². The van der Waals surface area contributed by atoms with Crippen molar-refractivity contribution in [2.24, 2.45) is 0 Å². The van der Waals surface area contributed by atoms with Crippen LogP contribution in [0, 0.1) is 0 Å². The Balaban J connectivity index is 0. The number of amides is 1. The smallest absolute Gasteiger partial charge is 0.410 e. The van der Waals surface area contributed by atoms with E-state index in [9.17, 15) is 4.79 Å². The monoisotopic (exact) mass is 219 g/mol. The zero-order valence-corrected chi connectivity index (χ0v) is 10.7. The maximum Gasteiger partial charge on any atom is 0.410 e. The van der Waals surface area contributed by atoms with E-state index < -0.39 is 5.60 Å². The summed E-state index contributed by atoms with van der Waals surface area (Å²) in [7, 11) is 1.63. The van der Waals surface area contributed by atoms with Crippen LogP contribution in [0.2, 0.25) is 0 Å². The molecule has 0 aliphatic heterocycles. The Morgan fingerprint density at radius 3 is 2.33 bits per heavy atom. The Labute approximate surface area is 94.0 Å². The highest BCUT2D eigenvalue weighted by Crippen LogP contribution is 2.10. The molecule has 92 valence electrons. The summed E-state index contributed by atoms with van der Waals surface area (Å²) < 4.78 is 10.4. The zero-order chi connectivity index (χ0) is 12.1. The van der Waals surface area contributed by atoms with Crippen LogP contribution < -0.4 is 0 Å². The summed E-state index contributed by atoms with van der Waals surface area (Å²) >= 11 is 0. The maximum absolute atomic E-state index is 11.7. The molecule has 4 nitrogen and oxygen atoms in total. The molecule has 0 fully saturated rings. The van der Waals surface area contributed by atoms with Crippen molar-refractivity contribution in [2.75, 3.05) is 20.2 Å². The van der Waals surface area contributed by atoms with Crippen LogP contribution in [0.5, 0.6) is 0 Å². The molecule has 0 rings (SSSR count). The Hall–Kier alpha value is -0.770. The van der Waals surface area contributed by atoms with Gasteiger partial charge in [0.05, 0.1) is 6.10 Å². The Morgan fingerprint density at radius 2 is 2.00 bits per heavy atom. The van der Waals surface area contributed by atoms with Gasteiger partial charge in [-0.3, -0.25) is 0 Å². The summed E-state index contributed by atoms with van der Waals surface area (Å²) in [5, 5.41) is 0. The van der Waals surface area contributed by atoms with Gasteiger partial charge in [0.2, 0.25) is 0 Å². The first-order valence-corrected chi connectivity index (χ1v) is 5.31. The van der Waals surface area contributed by atoms with Crippen molar-refractivity contribution in [3.63, 3.8) is 0 Å². The molecule has 1 atom stereocenters. The third-order valence-corrected chi connectivity index (χ3v) is 1.91. The first-order chi connectivity index (χ1) is 6.80. The van der Waals surface area contributed by atoms with E-state index in [1.54, 1.807) is 12.0 Å². The fourth-order valence-electron chi connectivity index (χ4n) is 1.04. The van der Waals surface area contributed by atoms with Crippen molar-refractivity contribution in [3.8, 4) is 0 Å². The van der Waals surface area contributed by atoms with Crippen LogP contribution in [-0.2, 0) is 9.47 Å². The third kappa shape index (κ3) is 6.33. The number of hydrogen-bond donors (Lipinski definition) is 0. The molecule has 1 amide bonds. The molecule has 0 aromatic rings. The van der Waals surface area contributed by atoms with Crippen LogP contribution in [0.4, 0.5) is 4.79 Å². The van der Waals surface area contributed by atoms with Crippen LogP contribution in [0.25, 0.3) is 0 Å². The lowest BCUT2D eigenvalue weighted by Gasteiger charge is -2.28. The molecule has 0 saturated heterocycles. The normalized spacial score (nSPS) is 13.5. The molecule has 4 heteroatoms. The SMILES string of the molecule is CCN(CC(C)OC)C(=O)OC(C)(C)C.[HH]. The first kappa shape index (κ1) is 14.2. The average molecular weight is 219 g/mol. The van der Waals surface area contributed by atoms with E-state index >= 15 is 0 Å². The lowest BCUT2D eigenvalue weighted by atomic mass is 10.2. The summed E-state index contributed by atoms with van der Waals surface area (Å²) in [4.78, 5) is 13.3. The molecule has 0 aliphatic rings. The van der Waals surface area contributed by atoms with Crippen LogP contribution in [0.15, 0.2) is 0 Å². The number of likely N-dealkylation sites (N-methyl/N-ethyl adjacent to an activating group) is 1. The van der Waals surface area contributed by atoms with Crippen molar-refractivity contribution in [1.29, 1.82) is 0 Å². The van der Waals surface area contributed by atoms with Gasteiger partial charge in [0, 0.05) is 21.6 Å². The van der Waals surface area contributed by atoms with E-state index in [-0.39, 0.29) is 13.6 Å². The van der Waals surface area contributed by atoms with Crippen molar-refractivity contribution in [3.05, 3.63) is 0 Å². The minimum atomic E-state index is -0.444. The average Bonchev–Trinajstić information content (AvgIpc) is 2.10. The van der Waals surface area contributed by atoms with E-state index in [4.69, 9.17) is 9.47 Å². The number of hydrogen-bond acceptors (Lipinski definition) is 3. The largest absolute Gasteiger partial charge is 0.444 e. The van der Waals surface area contributed by atoms with E-state index in [2.05, 4.69) is 0 Å². The minimum Gasteiger partial charge on any atom is -0.444 e. The van der Waals surface area contributed by atoms with Gasteiger partial charge in [-0.15, -0.1) is 0 Å². The Morgan fingerprint density at radius 1 is 1.47 bits per heavy atom. The molecule has 0 spiro atoms. The number of ether oxygens (including phenoxy) is 2. The second kappa shape index (κ2) is 5.95. The molecule has 15 heavy (non-hydrogen) atoms. The quantitative estimate of drug-likeness (QED) is 0.729. The molecule has 0 saturated carbocycles. The summed E-state index contributed by atoms with van der Waals surface area (Å²) in [6.45, 7) is 10.6. The molecule has 0 aromatic carbocycles. The molecular weight excluding hydrogens is 194 g/mol. The highest BCUT2D eigenvalue weighted by atomic mass is 16.6. The fraction of sp³-hybridized carbons (Fsp3) is 0.909. The van der Waals surface area contributed by atoms with Crippen LogP contribution >= 0.6 is 0 Å². The van der Waals surface area contributed by atoms with Crippen molar-refractivity contribution < 1.29 is 15.7 Å². The van der Waals surface area contributed by atoms with E-state index in [1.165, 1.54) is 0 Å². The predicted molar refractivity (Wildman–Crippen MR) is 62.1 cm³/mol. The van der Waals surface area contributed by atoms with Gasteiger partial charge in [-0.2, -0.15) is 0 Å². The van der Waals surface area contributed by atoms with Gasteiger partial charge < -0.3 is 14.4 Å². The minimum absolute atomic E-state index is 0. The summed E-state index contributed by atoms with van der Waals surface area (Å²) in [6, 6.07) is 0. The van der Waals surface area contributed by atoms with Crippen molar-refractivity contribution >= 4 is 6.09 Å². The summed E-state index contributed by atoms with van der Waals surface area (Å²) in [5.41, 5.74) is -0.444. The van der Waals surface area contributed by atoms with Gasteiger partial charge in [0.15, 0.2) is 0 Å². The molecule has 0 aromatic heterocycles. The summed E-state index contributed by atoms with van der Waals surface area (Å²) in [6.07, 6.45) is -0.258. The predicted octanol–water partition coefficient (Wildman–Crippen LogP) is 2.52. The number of rotatable bonds is 4. The van der Waals surface area contributed by atoms with Gasteiger partial charge in [-0.1, -0.05) is 0 Å². The van der Waals surface area contributed by atoms with Crippen LogP contribution in [0.1, 0.15) is 36.0 Å². The second-order valence-corrected chi connectivity index (χ2v) is 4.57. The highest BCUT2D eigenvalue weighted by Gasteiger charge is 2.22. The van der Waals surface area contributed by atoms with Crippen molar-refractivity contribution in [2.45, 2.75) is 46.3 Å². The lowest BCUT2D eigenvalue weighted by Crippen LogP contribution is -2.40. The van der Waals surface area contributed by atoms with Gasteiger partial charge in [-0.25, -0.2) is 4.79 Å². The molecule has 0 heterocycles. The van der Waals surface area contributed by atoms with E-state index in [1.807, 2.05) is 34.6 Å². The number of carbonyl (C=O) groups excluding carboxylic acids is 1. The van der Waals surface area contributed by atoms with E-state index in [0.717, 1.165) is 0 Å². The highest BCUT2D eigenvalue weighted by molar-refractivity contribution is 5.68. The standard InChI is InChI=1S/C11H23NO3.H2/c1-7-12(8-9(2)14-6)10(13)15-11(3,4)5;/h9H,7-8H2,1-6H3;1H. The number of nitrogens with zero attached hydrogens (tertiary/aromatic N) is 1. The fourth-order valence-corrected chi connectivity index (χ4v) is 1.04. The van der Waals surface area contributed by atoms with Crippen LogP contribution in [0.3, 0.4) is 0 Å². The third-order valence-electron chi connectivity index (χ3n) is 1.91. The van der Waals surface area contributed by atoms with Gasteiger partial charge in [-0.05, 0) is 34.6 Å². The number of carbonyl (C=O) groups is 1. The molecule has 0 bridgehead atoms. The molecule has 0 aliphatic carbocycles.